The lowest BCUT2D eigenvalue weighted by Gasteiger charge is -2.14. The van der Waals surface area contributed by atoms with Crippen molar-refractivity contribution in [3.05, 3.63) is 46.1 Å². The molecule has 9 nitrogen and oxygen atoms in total. The van der Waals surface area contributed by atoms with Crippen LogP contribution in [0.4, 0.5) is 4.39 Å². The maximum atomic E-state index is 15.5. The van der Waals surface area contributed by atoms with Gasteiger partial charge in [0, 0.05) is 48.5 Å². The van der Waals surface area contributed by atoms with Gasteiger partial charge in [0.05, 0.1) is 45.3 Å². The predicted molar refractivity (Wildman–Crippen MR) is 161 cm³/mol. The number of carbonyl (C=O) groups is 3. The highest BCUT2D eigenvalue weighted by Gasteiger charge is 2.25. The van der Waals surface area contributed by atoms with Crippen LogP contribution in [0.25, 0.3) is 10.1 Å². The maximum absolute atomic E-state index is 15.5. The fourth-order valence-electron chi connectivity index (χ4n) is 4.79. The lowest BCUT2D eigenvalue weighted by molar-refractivity contribution is -0.143. The monoisotopic (exact) mass is 615 g/mol. The SMILES string of the molecule is CCCOC(=O)CCC(=O)c1cc2c(F)c(OCCCOc3cc4c(cc3OC)CN(C(=O)CCC)C4)c(OC)cc2s1. The number of ketones is 1. The predicted octanol–water partition coefficient (Wildman–Crippen LogP) is 6.46. The van der Waals surface area contributed by atoms with Crippen molar-refractivity contribution in [1.29, 1.82) is 0 Å². The van der Waals surface area contributed by atoms with Crippen molar-refractivity contribution in [2.45, 2.75) is 65.5 Å². The summed E-state index contributed by atoms with van der Waals surface area (Å²) in [7, 11) is 3.00. The molecule has 11 heteroatoms. The zero-order valence-corrected chi connectivity index (χ0v) is 25.9. The van der Waals surface area contributed by atoms with Gasteiger partial charge in [0.1, 0.15) is 0 Å². The summed E-state index contributed by atoms with van der Waals surface area (Å²) in [6, 6.07) is 6.95. The van der Waals surface area contributed by atoms with Gasteiger partial charge in [-0.15, -0.1) is 11.3 Å². The summed E-state index contributed by atoms with van der Waals surface area (Å²) in [6.45, 7) is 5.74. The highest BCUT2D eigenvalue weighted by molar-refractivity contribution is 7.20. The average molecular weight is 616 g/mol. The Kier molecular flexibility index (Phi) is 11.2. The highest BCUT2D eigenvalue weighted by Crippen LogP contribution is 2.40. The third-order valence-electron chi connectivity index (χ3n) is 7.02. The van der Waals surface area contributed by atoms with E-state index in [4.69, 9.17) is 23.7 Å². The number of hydrogen-bond donors (Lipinski definition) is 0. The van der Waals surface area contributed by atoms with E-state index in [9.17, 15) is 14.4 Å². The van der Waals surface area contributed by atoms with Crippen LogP contribution in [0.3, 0.4) is 0 Å². The molecule has 232 valence electrons. The fourth-order valence-corrected chi connectivity index (χ4v) is 5.84. The van der Waals surface area contributed by atoms with Gasteiger partial charge in [-0.25, -0.2) is 4.39 Å². The van der Waals surface area contributed by atoms with Crippen LogP contribution in [0, 0.1) is 5.82 Å². The number of carbonyl (C=O) groups excluding carboxylic acids is 3. The van der Waals surface area contributed by atoms with E-state index in [1.54, 1.807) is 13.2 Å². The Morgan fingerprint density at radius 2 is 1.53 bits per heavy atom. The van der Waals surface area contributed by atoms with Gasteiger partial charge in [0.15, 0.2) is 34.6 Å². The molecule has 0 fully saturated rings. The number of Topliss-reactive ketones (excluding diaryl/α,β-unsaturated/α-hetero) is 1. The number of benzene rings is 2. The van der Waals surface area contributed by atoms with Gasteiger partial charge >= 0.3 is 5.97 Å². The van der Waals surface area contributed by atoms with E-state index in [-0.39, 0.29) is 54.6 Å². The summed E-state index contributed by atoms with van der Waals surface area (Å²) in [5, 5.41) is 0.253. The van der Waals surface area contributed by atoms with Crippen LogP contribution in [-0.4, -0.2) is 56.6 Å². The second-order valence-electron chi connectivity index (χ2n) is 10.2. The van der Waals surface area contributed by atoms with Crippen molar-refractivity contribution in [3.8, 4) is 23.0 Å². The summed E-state index contributed by atoms with van der Waals surface area (Å²) in [5.74, 6) is 0.176. The zero-order valence-electron chi connectivity index (χ0n) is 25.1. The third-order valence-corrected chi connectivity index (χ3v) is 8.14. The molecule has 1 aliphatic rings. The van der Waals surface area contributed by atoms with Gasteiger partial charge in [-0.3, -0.25) is 14.4 Å². The number of rotatable bonds is 16. The van der Waals surface area contributed by atoms with Gasteiger partial charge in [-0.05, 0) is 42.2 Å². The van der Waals surface area contributed by atoms with Crippen molar-refractivity contribution in [2.24, 2.45) is 0 Å². The molecule has 1 aliphatic heterocycles. The minimum atomic E-state index is -0.615. The molecule has 2 heterocycles. The first-order valence-corrected chi connectivity index (χ1v) is 15.3. The molecular weight excluding hydrogens is 577 g/mol. The first-order chi connectivity index (χ1) is 20.8. The Balaban J connectivity index is 1.35. The van der Waals surface area contributed by atoms with E-state index < -0.39 is 11.8 Å². The van der Waals surface area contributed by atoms with Crippen molar-refractivity contribution >= 4 is 39.1 Å². The van der Waals surface area contributed by atoms with Crippen molar-refractivity contribution in [1.82, 2.24) is 4.90 Å². The summed E-state index contributed by atoms with van der Waals surface area (Å²) in [6.07, 6.45) is 2.45. The molecule has 0 atom stereocenters. The summed E-state index contributed by atoms with van der Waals surface area (Å²) < 4.78 is 43.8. The number of ether oxygens (including phenoxy) is 5. The minimum Gasteiger partial charge on any atom is -0.493 e. The molecule has 43 heavy (non-hydrogen) atoms. The van der Waals surface area contributed by atoms with Crippen LogP contribution in [0.2, 0.25) is 0 Å². The summed E-state index contributed by atoms with van der Waals surface area (Å²) in [4.78, 5) is 39.0. The molecule has 0 spiro atoms. The van der Waals surface area contributed by atoms with E-state index in [1.165, 1.54) is 13.2 Å². The number of esters is 1. The Morgan fingerprint density at radius 1 is 0.837 bits per heavy atom. The van der Waals surface area contributed by atoms with Crippen LogP contribution in [0.1, 0.15) is 73.2 Å². The Morgan fingerprint density at radius 3 is 2.21 bits per heavy atom. The molecule has 0 bridgehead atoms. The third kappa shape index (κ3) is 7.76. The lowest BCUT2D eigenvalue weighted by atomic mass is 10.1. The maximum Gasteiger partial charge on any atom is 0.306 e. The molecule has 2 aromatic carbocycles. The molecule has 1 aromatic heterocycles. The van der Waals surface area contributed by atoms with E-state index in [0.717, 1.165) is 28.9 Å². The van der Waals surface area contributed by atoms with E-state index in [1.807, 2.05) is 30.9 Å². The Hall–Kier alpha value is -3.86. The minimum absolute atomic E-state index is 0.0122. The Labute approximate surface area is 254 Å². The normalized spacial score (nSPS) is 12.3. The van der Waals surface area contributed by atoms with Crippen LogP contribution in [-0.2, 0) is 27.4 Å². The van der Waals surface area contributed by atoms with Gasteiger partial charge in [0.2, 0.25) is 5.91 Å². The first kappa shape index (κ1) is 32.1. The van der Waals surface area contributed by atoms with E-state index >= 15 is 4.39 Å². The van der Waals surface area contributed by atoms with Gasteiger partial charge < -0.3 is 28.6 Å². The fraction of sp³-hybridized carbons (Fsp3) is 0.469. The smallest absolute Gasteiger partial charge is 0.306 e. The molecule has 0 aliphatic carbocycles. The number of nitrogens with zero attached hydrogens (tertiary/aromatic N) is 1. The van der Waals surface area contributed by atoms with Crippen LogP contribution < -0.4 is 18.9 Å². The van der Waals surface area contributed by atoms with Crippen LogP contribution >= 0.6 is 11.3 Å². The quantitative estimate of drug-likeness (QED) is 0.103. The van der Waals surface area contributed by atoms with E-state index in [2.05, 4.69) is 0 Å². The van der Waals surface area contributed by atoms with Gasteiger partial charge in [-0.2, -0.15) is 0 Å². The van der Waals surface area contributed by atoms with E-state index in [0.29, 0.717) is 60.0 Å². The standard InChI is InChI=1S/C32H38FNO8S/c1-5-8-29(36)34-18-20-14-24(38-3)25(15-21(20)19-34)40-12-7-13-42-32-26(39-4)17-27-22(31(32)33)16-28(43-27)23(35)9-10-30(37)41-11-6-2/h14-17H,5-13,18-19H2,1-4H3. The van der Waals surface area contributed by atoms with Crippen LogP contribution in [0.15, 0.2) is 24.3 Å². The summed E-state index contributed by atoms with van der Waals surface area (Å²) in [5.41, 5.74) is 2.07. The number of methoxy groups -OCH3 is 2. The molecule has 0 N–H and O–H groups in total. The van der Waals surface area contributed by atoms with Crippen molar-refractivity contribution < 1.29 is 42.5 Å². The van der Waals surface area contributed by atoms with Gasteiger partial charge in [-0.1, -0.05) is 13.8 Å². The average Bonchev–Trinajstić information content (AvgIpc) is 3.63. The highest BCUT2D eigenvalue weighted by atomic mass is 32.1. The van der Waals surface area contributed by atoms with Gasteiger partial charge in [0.25, 0.3) is 0 Å². The number of halogens is 1. The lowest BCUT2D eigenvalue weighted by Crippen LogP contribution is -2.24. The molecule has 0 radical (unpaired) electrons. The zero-order chi connectivity index (χ0) is 30.9. The van der Waals surface area contributed by atoms with Crippen LogP contribution in [0.5, 0.6) is 23.0 Å². The number of fused-ring (bicyclic) bond motifs is 2. The summed E-state index contributed by atoms with van der Waals surface area (Å²) >= 11 is 1.14. The number of hydrogen-bond acceptors (Lipinski definition) is 9. The first-order valence-electron chi connectivity index (χ1n) is 14.5. The molecule has 0 saturated carbocycles. The van der Waals surface area contributed by atoms with Crippen molar-refractivity contribution in [2.75, 3.05) is 34.0 Å². The molecule has 4 rings (SSSR count). The second-order valence-corrected chi connectivity index (χ2v) is 11.3. The molecule has 1 amide bonds. The molecule has 3 aromatic rings. The largest absolute Gasteiger partial charge is 0.493 e. The van der Waals surface area contributed by atoms with Crippen molar-refractivity contribution in [3.63, 3.8) is 0 Å². The number of thiophene rings is 1. The number of amides is 1. The second kappa shape index (κ2) is 15.0. The molecular formula is C32H38FNO8S. The Bertz CT molecular complexity index is 1470. The molecule has 0 saturated heterocycles. The topological polar surface area (TPSA) is 101 Å². The molecule has 0 unspecified atom stereocenters.